The maximum absolute atomic E-state index is 14.9. The van der Waals surface area contributed by atoms with E-state index in [1.54, 1.807) is 35.0 Å². The van der Waals surface area contributed by atoms with Crippen LogP contribution in [0.15, 0.2) is 175 Å². The summed E-state index contributed by atoms with van der Waals surface area (Å²) in [5, 5.41) is 14.5. The molecule has 7 nitrogen and oxygen atoms in total. The van der Waals surface area contributed by atoms with Crippen LogP contribution in [0.5, 0.6) is 0 Å². The highest BCUT2D eigenvalue weighted by molar-refractivity contribution is 7.90. The Hall–Kier alpha value is -6.12. The number of para-hydroxylation sites is 1. The molecule has 0 spiro atoms. The van der Waals surface area contributed by atoms with Gasteiger partial charge in [-0.15, -0.1) is 5.10 Å². The van der Waals surface area contributed by atoms with Gasteiger partial charge in [0.2, 0.25) is 5.82 Å². The van der Waals surface area contributed by atoms with Crippen LogP contribution in [0, 0.1) is 6.92 Å². The van der Waals surface area contributed by atoms with E-state index in [1.807, 2.05) is 110 Å². The summed E-state index contributed by atoms with van der Waals surface area (Å²) in [7, 11) is -4.17. The lowest BCUT2D eigenvalue weighted by molar-refractivity contribution is 0.450. The van der Waals surface area contributed by atoms with Crippen molar-refractivity contribution in [1.82, 2.24) is 24.2 Å². The normalized spacial score (nSPS) is 11.9. The zero-order valence-corrected chi connectivity index (χ0v) is 27.4. The van der Waals surface area contributed by atoms with Crippen LogP contribution in [0.3, 0.4) is 0 Å². The van der Waals surface area contributed by atoms with Crippen LogP contribution in [0.1, 0.15) is 22.3 Å². The lowest BCUT2D eigenvalue weighted by Crippen LogP contribution is -2.39. The van der Waals surface area contributed by atoms with Gasteiger partial charge < -0.3 is 0 Å². The van der Waals surface area contributed by atoms with E-state index in [4.69, 9.17) is 10.3 Å². The van der Waals surface area contributed by atoms with Crippen LogP contribution in [0.2, 0.25) is 0 Å². The van der Waals surface area contributed by atoms with Gasteiger partial charge in [0.1, 0.15) is 11.2 Å². The van der Waals surface area contributed by atoms with Gasteiger partial charge in [0.25, 0.3) is 10.0 Å². The second kappa shape index (κ2) is 12.2. The van der Waals surface area contributed by atoms with E-state index in [-0.39, 0.29) is 4.90 Å². The predicted octanol–water partition coefficient (Wildman–Crippen LogP) is 8.35. The van der Waals surface area contributed by atoms with Crippen LogP contribution in [-0.4, -0.2) is 32.6 Å². The molecule has 0 radical (unpaired) electrons. The third-order valence-electron chi connectivity index (χ3n) is 9.03. The fourth-order valence-corrected chi connectivity index (χ4v) is 8.38. The molecule has 8 rings (SSSR count). The molecule has 2 heterocycles. The van der Waals surface area contributed by atoms with Gasteiger partial charge in [0.05, 0.1) is 10.4 Å². The van der Waals surface area contributed by atoms with E-state index in [0.29, 0.717) is 22.6 Å². The number of rotatable bonds is 8. The van der Waals surface area contributed by atoms with Gasteiger partial charge in [0, 0.05) is 10.9 Å². The second-order valence-electron chi connectivity index (χ2n) is 11.9. The van der Waals surface area contributed by atoms with E-state index < -0.39 is 15.6 Å². The summed E-state index contributed by atoms with van der Waals surface area (Å²) in [6.07, 6.45) is 0. The van der Waals surface area contributed by atoms with Crippen LogP contribution in [0.25, 0.3) is 33.5 Å². The first-order valence-electron chi connectivity index (χ1n) is 16.0. The monoisotopic (exact) mass is 657 g/mol. The fraction of sp³-hybridized carbons (Fsp3) is 0.0488. The molecule has 238 valence electrons. The van der Waals surface area contributed by atoms with Crippen molar-refractivity contribution in [2.45, 2.75) is 17.4 Å². The molecule has 0 saturated carbocycles. The number of aryl methyl sites for hydroxylation is 1. The van der Waals surface area contributed by atoms with Gasteiger partial charge in [0.15, 0.2) is 0 Å². The van der Waals surface area contributed by atoms with Crippen LogP contribution in [0.4, 0.5) is 0 Å². The summed E-state index contributed by atoms with van der Waals surface area (Å²) < 4.78 is 33.0. The highest BCUT2D eigenvalue weighted by Gasteiger charge is 2.43. The van der Waals surface area contributed by atoms with Crippen molar-refractivity contribution in [3.05, 3.63) is 192 Å². The molecule has 0 aliphatic heterocycles. The molecule has 0 saturated heterocycles. The first-order valence-corrected chi connectivity index (χ1v) is 17.4. The zero-order valence-electron chi connectivity index (χ0n) is 26.6. The Morgan fingerprint density at radius 2 is 1.06 bits per heavy atom. The van der Waals surface area contributed by atoms with Crippen molar-refractivity contribution in [1.29, 1.82) is 0 Å². The van der Waals surface area contributed by atoms with Crippen molar-refractivity contribution in [3.63, 3.8) is 0 Å². The summed E-state index contributed by atoms with van der Waals surface area (Å²) in [5.41, 5.74) is 5.18. The SMILES string of the molecule is Cc1ccc(-c2c(-c3nnnn3C(c3ccccc3)(c3ccccc3)c3ccccc3)n(S(=O)(=O)c3ccccc3)c3ccccc23)cc1. The molecule has 0 aliphatic rings. The molecule has 2 aromatic heterocycles. The summed E-state index contributed by atoms with van der Waals surface area (Å²) in [6.45, 7) is 2.03. The molecule has 0 bridgehead atoms. The van der Waals surface area contributed by atoms with Gasteiger partial charge >= 0.3 is 0 Å². The van der Waals surface area contributed by atoms with Crippen LogP contribution in [-0.2, 0) is 15.6 Å². The molecule has 0 amide bonds. The average molecular weight is 658 g/mol. The molecule has 0 aliphatic carbocycles. The topological polar surface area (TPSA) is 82.7 Å². The second-order valence-corrected chi connectivity index (χ2v) is 13.7. The maximum atomic E-state index is 14.9. The molecule has 49 heavy (non-hydrogen) atoms. The maximum Gasteiger partial charge on any atom is 0.268 e. The number of hydrogen-bond donors (Lipinski definition) is 0. The molecule has 0 unspecified atom stereocenters. The van der Waals surface area contributed by atoms with Crippen molar-refractivity contribution in [3.8, 4) is 22.6 Å². The van der Waals surface area contributed by atoms with Gasteiger partial charge in [-0.25, -0.2) is 17.1 Å². The Kier molecular flexibility index (Phi) is 7.50. The molecular weight excluding hydrogens is 627 g/mol. The zero-order chi connectivity index (χ0) is 33.4. The quantitative estimate of drug-likeness (QED) is 0.154. The van der Waals surface area contributed by atoms with E-state index in [1.165, 1.54) is 3.97 Å². The summed E-state index contributed by atoms with van der Waals surface area (Å²) >= 11 is 0. The van der Waals surface area contributed by atoms with Crippen LogP contribution < -0.4 is 0 Å². The molecule has 0 N–H and O–H groups in total. The summed E-state index contributed by atoms with van der Waals surface area (Å²) in [6, 6.07) is 54.4. The number of hydrogen-bond acceptors (Lipinski definition) is 5. The molecular formula is C41H31N5O2S. The Labute approximate surface area is 284 Å². The molecule has 6 aromatic carbocycles. The standard InChI is InChI=1S/C41H31N5O2S/c1-30-26-28-31(29-27-30)38-36-24-14-15-25-37(36)45(49(47,48)35-22-12-5-13-23-35)39(38)40-42-43-44-46(40)41(32-16-6-2-7-17-32,33-18-8-3-9-19-33)34-20-10-4-11-21-34/h2-29H,1H3. The third-order valence-corrected chi connectivity index (χ3v) is 10.8. The van der Waals surface area contributed by atoms with Crippen molar-refractivity contribution in [2.75, 3.05) is 0 Å². The minimum Gasteiger partial charge on any atom is -0.229 e. The van der Waals surface area contributed by atoms with Gasteiger partial charge in [-0.3, -0.25) is 0 Å². The minimum absolute atomic E-state index is 0.159. The Bertz CT molecular complexity index is 2400. The highest BCUT2D eigenvalue weighted by atomic mass is 32.2. The highest BCUT2D eigenvalue weighted by Crippen LogP contribution is 2.46. The predicted molar refractivity (Wildman–Crippen MR) is 193 cm³/mol. The van der Waals surface area contributed by atoms with Crippen molar-refractivity contribution < 1.29 is 8.42 Å². The first kappa shape index (κ1) is 30.2. The molecule has 0 atom stereocenters. The Morgan fingerprint density at radius 3 is 1.61 bits per heavy atom. The third kappa shape index (κ3) is 4.88. The molecule has 0 fully saturated rings. The Morgan fingerprint density at radius 1 is 0.571 bits per heavy atom. The first-order chi connectivity index (χ1) is 24.0. The fourth-order valence-electron chi connectivity index (χ4n) is 6.84. The molecule has 8 heteroatoms. The van der Waals surface area contributed by atoms with Crippen molar-refractivity contribution >= 4 is 20.9 Å². The summed E-state index contributed by atoms with van der Waals surface area (Å²) in [4.78, 5) is 0.159. The van der Waals surface area contributed by atoms with Gasteiger partial charge in [-0.05, 0) is 57.8 Å². The smallest absolute Gasteiger partial charge is 0.229 e. The van der Waals surface area contributed by atoms with E-state index in [9.17, 15) is 8.42 Å². The minimum atomic E-state index is -4.17. The number of nitrogens with zero attached hydrogens (tertiary/aromatic N) is 5. The molecule has 8 aromatic rings. The number of tetrazole rings is 1. The number of fused-ring (bicyclic) bond motifs is 1. The van der Waals surface area contributed by atoms with Crippen LogP contribution >= 0.6 is 0 Å². The van der Waals surface area contributed by atoms with E-state index >= 15 is 0 Å². The van der Waals surface area contributed by atoms with E-state index in [2.05, 4.69) is 41.6 Å². The summed E-state index contributed by atoms with van der Waals surface area (Å²) in [5.74, 6) is 0.294. The van der Waals surface area contributed by atoms with Gasteiger partial charge in [-0.1, -0.05) is 157 Å². The lowest BCUT2D eigenvalue weighted by Gasteiger charge is -2.36. The lowest BCUT2D eigenvalue weighted by atomic mass is 9.77. The largest absolute Gasteiger partial charge is 0.268 e. The number of aromatic nitrogens is 5. The van der Waals surface area contributed by atoms with Gasteiger partial charge in [-0.2, -0.15) is 0 Å². The Balaban J connectivity index is 1.57. The number of benzene rings is 6. The van der Waals surface area contributed by atoms with E-state index in [0.717, 1.165) is 33.2 Å². The van der Waals surface area contributed by atoms with Crippen molar-refractivity contribution in [2.24, 2.45) is 0 Å². The average Bonchev–Trinajstić information content (AvgIpc) is 3.78.